The highest BCUT2D eigenvalue weighted by Gasteiger charge is 2.13. The number of nitrogens with one attached hydrogen (secondary N) is 3. The monoisotopic (exact) mass is 729 g/mol. The minimum Gasteiger partial charge on any atom is -0.309 e. The van der Waals surface area contributed by atoms with Crippen molar-refractivity contribution >= 4 is 23.9 Å². The number of rotatable bonds is 16. The van der Waals surface area contributed by atoms with Crippen LogP contribution < -0.4 is 15.4 Å². The average Bonchev–Trinajstić information content (AvgIpc) is 3.20. The highest BCUT2D eigenvalue weighted by atomic mass is 32.2. The van der Waals surface area contributed by atoms with E-state index in [1.165, 1.54) is 50.5 Å². The topological polar surface area (TPSA) is 52.2 Å². The predicted molar refractivity (Wildman–Crippen MR) is 225 cm³/mol. The van der Waals surface area contributed by atoms with Crippen molar-refractivity contribution in [2.45, 2.75) is 75.6 Å². The molecule has 4 aromatic carbocycles. The molecule has 1 heterocycles. The maximum absolute atomic E-state index is 4.32. The van der Waals surface area contributed by atoms with Gasteiger partial charge in [0, 0.05) is 54.8 Å². The molecule has 0 bridgehead atoms. The number of nitrogens with zero attached hydrogens (tertiary/aromatic N) is 2. The second-order valence-electron chi connectivity index (χ2n) is 12.2. The minimum absolute atomic E-state index is 0.362. The smallest absolute Gasteiger partial charge is 0.0551 e. The maximum atomic E-state index is 4.32. The van der Waals surface area contributed by atoms with Gasteiger partial charge in [-0.3, -0.25) is 9.71 Å². The Bertz CT molecular complexity index is 1750. The van der Waals surface area contributed by atoms with Crippen LogP contribution in [-0.4, -0.2) is 22.9 Å². The van der Waals surface area contributed by atoms with Gasteiger partial charge in [-0.15, -0.1) is 0 Å². The quantitative estimate of drug-likeness (QED) is 0.0874. The maximum Gasteiger partial charge on any atom is 0.0551 e. The van der Waals surface area contributed by atoms with Crippen LogP contribution in [0.25, 0.3) is 0 Å². The Morgan fingerprint density at radius 1 is 0.654 bits per heavy atom. The van der Waals surface area contributed by atoms with Crippen molar-refractivity contribution in [2.24, 2.45) is 0 Å². The molecule has 1 unspecified atom stereocenters. The Morgan fingerprint density at radius 2 is 1.27 bits per heavy atom. The molecule has 0 amide bonds. The van der Waals surface area contributed by atoms with E-state index in [1.54, 1.807) is 23.9 Å². The number of pyridine rings is 1. The third-order valence-corrected chi connectivity index (χ3v) is 10.1. The lowest BCUT2D eigenvalue weighted by Crippen LogP contribution is -2.16. The van der Waals surface area contributed by atoms with E-state index >= 15 is 0 Å². The van der Waals surface area contributed by atoms with Crippen LogP contribution in [0, 0.1) is 0 Å². The molecular formula is C45H55N5S2. The molecule has 5 aromatic rings. The molecule has 0 spiro atoms. The molecule has 0 saturated carbocycles. The SMILES string of the molecule is C1=CC(CNCc2cccc(SNCc3ccccn3)c2)=CCC1.CC.CC(c1ccccc1)N(C)Sc1cccc(CNCc2ccccc2)c1. The predicted octanol–water partition coefficient (Wildman–Crippen LogP) is 10.9. The first-order chi connectivity index (χ1) is 25.6. The van der Waals surface area contributed by atoms with Crippen molar-refractivity contribution in [1.29, 1.82) is 0 Å². The largest absolute Gasteiger partial charge is 0.309 e. The second kappa shape index (κ2) is 24.3. The van der Waals surface area contributed by atoms with Crippen LogP contribution in [0.5, 0.6) is 0 Å². The van der Waals surface area contributed by atoms with Crippen molar-refractivity contribution in [1.82, 2.24) is 24.6 Å². The van der Waals surface area contributed by atoms with E-state index in [4.69, 9.17) is 0 Å². The lowest BCUT2D eigenvalue weighted by Gasteiger charge is -2.24. The standard InChI is InChI=1S/C23H26N2S.C20H23N3S.C2H6/c1-19(22-13-7-4-8-14-22)25(2)26-23-15-9-12-21(16-23)18-24-17-20-10-5-3-6-11-20;1-2-7-17(8-3-1)14-21-15-18-9-6-11-20(13-18)24-23-16-19-10-4-5-12-22-19;1-2/h3-16,19,24H,17-18H2,1-2H3;2,4-13,21,23H,1,3,14-16H2;1-2H3. The molecule has 6 rings (SSSR count). The third-order valence-electron chi connectivity index (χ3n) is 8.27. The summed E-state index contributed by atoms with van der Waals surface area (Å²) in [5.41, 5.74) is 7.71. The molecule has 5 nitrogen and oxygen atoms in total. The molecule has 0 radical (unpaired) electrons. The summed E-state index contributed by atoms with van der Waals surface area (Å²) in [4.78, 5) is 6.81. The molecule has 0 fully saturated rings. The zero-order valence-corrected chi connectivity index (χ0v) is 32.8. The van der Waals surface area contributed by atoms with Crippen LogP contribution in [0.3, 0.4) is 0 Å². The van der Waals surface area contributed by atoms with Gasteiger partial charge in [0.25, 0.3) is 0 Å². The Hall–Kier alpha value is -3.95. The highest BCUT2D eigenvalue weighted by Crippen LogP contribution is 2.30. The van der Waals surface area contributed by atoms with Crippen LogP contribution in [0.15, 0.2) is 167 Å². The lowest BCUT2D eigenvalue weighted by molar-refractivity contribution is 0.453. The highest BCUT2D eigenvalue weighted by molar-refractivity contribution is 7.97. The van der Waals surface area contributed by atoms with E-state index in [0.29, 0.717) is 6.04 Å². The summed E-state index contributed by atoms with van der Waals surface area (Å²) < 4.78 is 5.68. The van der Waals surface area contributed by atoms with Gasteiger partial charge < -0.3 is 10.6 Å². The summed E-state index contributed by atoms with van der Waals surface area (Å²) in [6.45, 7) is 10.6. The van der Waals surface area contributed by atoms with Crippen LogP contribution >= 0.6 is 23.9 Å². The van der Waals surface area contributed by atoms with Gasteiger partial charge >= 0.3 is 0 Å². The molecule has 52 heavy (non-hydrogen) atoms. The average molecular weight is 730 g/mol. The van der Waals surface area contributed by atoms with Crippen LogP contribution in [-0.2, 0) is 26.2 Å². The number of benzene rings is 4. The van der Waals surface area contributed by atoms with Crippen LogP contribution in [0.1, 0.15) is 67.6 Å². The summed E-state index contributed by atoms with van der Waals surface area (Å²) in [6, 6.07) is 44.9. The number of aromatic nitrogens is 1. The second-order valence-corrected chi connectivity index (χ2v) is 14.4. The fourth-order valence-electron chi connectivity index (χ4n) is 5.41. The summed E-state index contributed by atoms with van der Waals surface area (Å²) >= 11 is 3.45. The van der Waals surface area contributed by atoms with Crippen molar-refractivity contribution in [3.8, 4) is 0 Å². The van der Waals surface area contributed by atoms with Gasteiger partial charge in [0.05, 0.1) is 5.69 Å². The summed E-state index contributed by atoms with van der Waals surface area (Å²) in [5.74, 6) is 0. The summed E-state index contributed by atoms with van der Waals surface area (Å²) in [5, 5.41) is 7.05. The van der Waals surface area contributed by atoms with Crippen molar-refractivity contribution < 1.29 is 0 Å². The van der Waals surface area contributed by atoms with E-state index in [0.717, 1.165) is 38.4 Å². The molecule has 1 aliphatic carbocycles. The van der Waals surface area contributed by atoms with Gasteiger partial charge in [0.15, 0.2) is 0 Å². The minimum atomic E-state index is 0.362. The van der Waals surface area contributed by atoms with Crippen molar-refractivity contribution in [3.63, 3.8) is 0 Å². The van der Waals surface area contributed by atoms with E-state index in [-0.39, 0.29) is 0 Å². The Balaban J connectivity index is 0.000000223. The molecule has 272 valence electrons. The first-order valence-corrected chi connectivity index (χ1v) is 20.0. The molecule has 1 aliphatic rings. The lowest BCUT2D eigenvalue weighted by atomic mass is 10.1. The Labute approximate surface area is 321 Å². The van der Waals surface area contributed by atoms with Crippen LogP contribution in [0.4, 0.5) is 0 Å². The van der Waals surface area contributed by atoms with Gasteiger partial charge in [-0.25, -0.2) is 4.31 Å². The van der Waals surface area contributed by atoms with E-state index in [1.807, 2.05) is 38.2 Å². The fraction of sp³-hybridized carbons (Fsp3) is 0.267. The fourth-order valence-corrected chi connectivity index (χ4v) is 7.11. The number of allylic oxidation sites excluding steroid dienone is 2. The van der Waals surface area contributed by atoms with Crippen molar-refractivity contribution in [3.05, 3.63) is 185 Å². The van der Waals surface area contributed by atoms with Gasteiger partial charge in [-0.2, -0.15) is 0 Å². The number of hydrogen-bond donors (Lipinski definition) is 3. The molecule has 1 aromatic heterocycles. The molecule has 3 N–H and O–H groups in total. The summed E-state index contributed by atoms with van der Waals surface area (Å²) in [7, 11) is 2.16. The first kappa shape index (κ1) is 40.8. The van der Waals surface area contributed by atoms with Crippen LogP contribution in [0.2, 0.25) is 0 Å². The number of hydrogen-bond acceptors (Lipinski definition) is 7. The van der Waals surface area contributed by atoms with Crippen molar-refractivity contribution in [2.75, 3.05) is 13.6 Å². The third kappa shape index (κ3) is 15.3. The van der Waals surface area contributed by atoms with Gasteiger partial charge in [-0.1, -0.05) is 123 Å². The van der Waals surface area contributed by atoms with Gasteiger partial charge in [-0.05, 0) is 115 Å². The van der Waals surface area contributed by atoms with Gasteiger partial charge in [0.1, 0.15) is 0 Å². The first-order valence-electron chi connectivity index (χ1n) is 18.4. The Kier molecular flexibility index (Phi) is 19.1. The van der Waals surface area contributed by atoms with E-state index < -0.39 is 0 Å². The zero-order chi connectivity index (χ0) is 36.6. The normalized spacial score (nSPS) is 12.6. The Morgan fingerprint density at radius 3 is 1.94 bits per heavy atom. The van der Waals surface area contributed by atoms with E-state index in [2.05, 4.69) is 166 Å². The molecule has 1 atom stereocenters. The molecule has 7 heteroatoms. The van der Waals surface area contributed by atoms with Gasteiger partial charge in [0.2, 0.25) is 0 Å². The summed E-state index contributed by atoms with van der Waals surface area (Å²) in [6.07, 6.45) is 11.0. The zero-order valence-electron chi connectivity index (χ0n) is 31.2. The molecule has 0 saturated heterocycles. The molecule has 0 aliphatic heterocycles. The molecular weight excluding hydrogens is 675 g/mol. The van der Waals surface area contributed by atoms with E-state index in [9.17, 15) is 0 Å².